The Morgan fingerprint density at radius 1 is 1.23 bits per heavy atom. The van der Waals surface area contributed by atoms with Crippen LogP contribution in [0.3, 0.4) is 0 Å². The number of nitrogens with two attached hydrogens (primary N) is 1. The van der Waals surface area contributed by atoms with Crippen molar-refractivity contribution in [3.63, 3.8) is 0 Å². The number of carbonyl (C=O) groups excluding carboxylic acids is 1. The van der Waals surface area contributed by atoms with E-state index in [-0.39, 0.29) is 12.5 Å². The van der Waals surface area contributed by atoms with Crippen LogP contribution in [0.15, 0.2) is 36.4 Å². The molecule has 118 valence electrons. The van der Waals surface area contributed by atoms with Crippen LogP contribution in [-0.2, 0) is 28.9 Å². The summed E-state index contributed by atoms with van der Waals surface area (Å²) in [5.74, 6) is 0.144. The van der Waals surface area contributed by atoms with Crippen LogP contribution in [0.4, 0.5) is 5.82 Å². The van der Waals surface area contributed by atoms with Crippen LogP contribution in [0.2, 0.25) is 0 Å². The molecule has 22 heavy (non-hydrogen) atoms. The van der Waals surface area contributed by atoms with E-state index in [4.69, 9.17) is 10.5 Å². The van der Waals surface area contributed by atoms with Gasteiger partial charge >= 0.3 is 5.97 Å². The molecule has 0 saturated carbocycles. The van der Waals surface area contributed by atoms with Crippen molar-refractivity contribution in [3.8, 4) is 0 Å². The number of nitrogens with zero attached hydrogens (tertiary/aromatic N) is 2. The highest BCUT2D eigenvalue weighted by atomic mass is 16.6. The number of hydrogen-bond acceptors (Lipinski definition) is 4. The van der Waals surface area contributed by atoms with E-state index in [2.05, 4.69) is 17.2 Å². The number of rotatable bonds is 5. The van der Waals surface area contributed by atoms with Crippen LogP contribution in [0, 0.1) is 0 Å². The number of esters is 1. The van der Waals surface area contributed by atoms with Crippen molar-refractivity contribution in [2.45, 2.75) is 45.8 Å². The van der Waals surface area contributed by atoms with Crippen LogP contribution in [-0.4, -0.2) is 21.4 Å². The van der Waals surface area contributed by atoms with Crippen LogP contribution in [0.5, 0.6) is 0 Å². The molecule has 0 fully saturated rings. The van der Waals surface area contributed by atoms with Gasteiger partial charge in [-0.1, -0.05) is 30.3 Å². The highest BCUT2D eigenvalue weighted by Crippen LogP contribution is 2.12. The second-order valence-electron chi connectivity index (χ2n) is 6.29. The van der Waals surface area contributed by atoms with Gasteiger partial charge in [-0.15, -0.1) is 0 Å². The predicted molar refractivity (Wildman–Crippen MR) is 86.3 cm³/mol. The molecule has 1 heterocycles. The van der Waals surface area contributed by atoms with E-state index in [1.54, 1.807) is 0 Å². The van der Waals surface area contributed by atoms with Crippen LogP contribution >= 0.6 is 0 Å². The minimum Gasteiger partial charge on any atom is -0.459 e. The van der Waals surface area contributed by atoms with E-state index in [0.717, 1.165) is 18.5 Å². The molecule has 0 aliphatic heterocycles. The first-order valence-electron chi connectivity index (χ1n) is 7.41. The molecule has 0 amide bonds. The lowest BCUT2D eigenvalue weighted by molar-refractivity contribution is -0.155. The maximum atomic E-state index is 11.8. The summed E-state index contributed by atoms with van der Waals surface area (Å²) in [6.07, 6.45) is 1.68. The zero-order valence-corrected chi connectivity index (χ0v) is 13.4. The molecule has 2 N–H and O–H groups in total. The average molecular weight is 301 g/mol. The van der Waals surface area contributed by atoms with Crippen molar-refractivity contribution < 1.29 is 9.53 Å². The molecule has 1 aromatic heterocycles. The van der Waals surface area contributed by atoms with Crippen molar-refractivity contribution in [3.05, 3.63) is 47.7 Å². The first-order valence-corrected chi connectivity index (χ1v) is 7.41. The van der Waals surface area contributed by atoms with Crippen molar-refractivity contribution in [1.29, 1.82) is 0 Å². The van der Waals surface area contributed by atoms with E-state index < -0.39 is 5.60 Å². The van der Waals surface area contributed by atoms with E-state index in [1.165, 1.54) is 10.2 Å². The van der Waals surface area contributed by atoms with Crippen LogP contribution < -0.4 is 5.73 Å². The Kier molecular flexibility index (Phi) is 4.85. The molecule has 0 aliphatic carbocycles. The summed E-state index contributed by atoms with van der Waals surface area (Å²) in [6, 6.07) is 12.0. The van der Waals surface area contributed by atoms with E-state index in [0.29, 0.717) is 5.82 Å². The van der Waals surface area contributed by atoms with Crippen molar-refractivity contribution in [1.82, 2.24) is 9.78 Å². The molecule has 0 radical (unpaired) electrons. The number of benzene rings is 1. The number of carbonyl (C=O) groups is 1. The van der Waals surface area contributed by atoms with Crippen molar-refractivity contribution >= 4 is 11.8 Å². The molecular weight excluding hydrogens is 278 g/mol. The molecule has 2 rings (SSSR count). The van der Waals surface area contributed by atoms with Gasteiger partial charge < -0.3 is 10.5 Å². The smallest absolute Gasteiger partial charge is 0.328 e. The second kappa shape index (κ2) is 6.64. The van der Waals surface area contributed by atoms with Gasteiger partial charge in [0.2, 0.25) is 0 Å². The molecule has 0 atom stereocenters. The molecule has 0 saturated heterocycles. The summed E-state index contributed by atoms with van der Waals surface area (Å²) in [7, 11) is 0. The van der Waals surface area contributed by atoms with Crippen LogP contribution in [0.25, 0.3) is 0 Å². The average Bonchev–Trinajstić information content (AvgIpc) is 2.76. The zero-order chi connectivity index (χ0) is 16.2. The number of hydrogen-bond donors (Lipinski definition) is 1. The molecule has 2 aromatic rings. The van der Waals surface area contributed by atoms with Crippen molar-refractivity contribution in [2.24, 2.45) is 0 Å². The van der Waals surface area contributed by atoms with Crippen molar-refractivity contribution in [2.75, 3.05) is 5.73 Å². The standard InChI is InChI=1S/C17H23N3O2/c1-17(2,3)22-16(21)12-20-15(18)11-14(19-20)10-9-13-7-5-4-6-8-13/h4-8,11H,9-10,12,18H2,1-3H3. The minimum absolute atomic E-state index is 0.0362. The Labute approximate surface area is 131 Å². The van der Waals surface area contributed by atoms with E-state index in [9.17, 15) is 4.79 Å². The molecule has 5 heteroatoms. The lowest BCUT2D eigenvalue weighted by atomic mass is 10.1. The molecule has 1 aromatic carbocycles. The lowest BCUT2D eigenvalue weighted by Gasteiger charge is -2.19. The van der Waals surface area contributed by atoms with Gasteiger partial charge in [-0.25, -0.2) is 4.68 Å². The lowest BCUT2D eigenvalue weighted by Crippen LogP contribution is -2.27. The molecular formula is C17H23N3O2. The minimum atomic E-state index is -0.505. The monoisotopic (exact) mass is 301 g/mol. The Hall–Kier alpha value is -2.30. The summed E-state index contributed by atoms with van der Waals surface area (Å²) in [4.78, 5) is 11.8. The molecule has 0 bridgehead atoms. The SMILES string of the molecule is CC(C)(C)OC(=O)Cn1nc(CCc2ccccc2)cc1N. The number of aryl methyl sites for hydroxylation is 2. The number of aromatic nitrogens is 2. The number of nitrogen functional groups attached to an aromatic ring is 1. The van der Waals surface area contributed by atoms with Gasteiger partial charge in [0.1, 0.15) is 18.0 Å². The van der Waals surface area contributed by atoms with Gasteiger partial charge in [-0.05, 0) is 39.2 Å². The number of anilines is 1. The molecule has 0 aliphatic rings. The fourth-order valence-electron chi connectivity index (χ4n) is 2.15. The van der Waals surface area contributed by atoms with Crippen LogP contribution in [0.1, 0.15) is 32.0 Å². The summed E-state index contributed by atoms with van der Waals surface area (Å²) in [5.41, 5.74) is 7.54. The quantitative estimate of drug-likeness (QED) is 0.862. The molecule has 5 nitrogen and oxygen atoms in total. The Bertz CT molecular complexity index is 627. The largest absolute Gasteiger partial charge is 0.459 e. The first-order chi connectivity index (χ1) is 10.3. The predicted octanol–water partition coefficient (Wildman–Crippen LogP) is 2.59. The first kappa shape index (κ1) is 16.1. The third kappa shape index (κ3) is 4.91. The fraction of sp³-hybridized carbons (Fsp3) is 0.412. The van der Waals surface area contributed by atoms with Gasteiger partial charge in [0.05, 0.1) is 5.69 Å². The van der Waals surface area contributed by atoms with Gasteiger partial charge in [0.25, 0.3) is 0 Å². The Balaban J connectivity index is 1.95. The van der Waals surface area contributed by atoms with Gasteiger partial charge in [0, 0.05) is 6.07 Å². The zero-order valence-electron chi connectivity index (χ0n) is 13.4. The summed E-state index contributed by atoms with van der Waals surface area (Å²) in [5, 5.41) is 4.39. The summed E-state index contributed by atoms with van der Waals surface area (Å²) >= 11 is 0. The normalized spacial score (nSPS) is 11.4. The Morgan fingerprint density at radius 2 is 1.91 bits per heavy atom. The maximum Gasteiger partial charge on any atom is 0.328 e. The van der Waals surface area contributed by atoms with Gasteiger partial charge in [0.15, 0.2) is 0 Å². The highest BCUT2D eigenvalue weighted by molar-refractivity contribution is 5.70. The van der Waals surface area contributed by atoms with Gasteiger partial charge in [-0.3, -0.25) is 4.79 Å². The second-order valence-corrected chi connectivity index (χ2v) is 6.29. The third-order valence-electron chi connectivity index (χ3n) is 3.07. The number of ether oxygens (including phenoxy) is 1. The topological polar surface area (TPSA) is 70.1 Å². The third-order valence-corrected chi connectivity index (χ3v) is 3.07. The highest BCUT2D eigenvalue weighted by Gasteiger charge is 2.18. The summed E-state index contributed by atoms with van der Waals surface area (Å²) in [6.45, 7) is 5.54. The van der Waals surface area contributed by atoms with E-state index >= 15 is 0 Å². The maximum absolute atomic E-state index is 11.8. The molecule has 0 spiro atoms. The van der Waals surface area contributed by atoms with E-state index in [1.807, 2.05) is 45.0 Å². The van der Waals surface area contributed by atoms with Gasteiger partial charge in [-0.2, -0.15) is 5.10 Å². The summed E-state index contributed by atoms with van der Waals surface area (Å²) < 4.78 is 6.77. The Morgan fingerprint density at radius 3 is 2.55 bits per heavy atom. The molecule has 0 unspecified atom stereocenters. The fourth-order valence-corrected chi connectivity index (χ4v) is 2.15.